The molecule has 0 amide bonds. The van der Waals surface area contributed by atoms with Crippen molar-refractivity contribution in [1.29, 1.82) is 0 Å². The summed E-state index contributed by atoms with van der Waals surface area (Å²) in [7, 11) is 2.14. The van der Waals surface area contributed by atoms with E-state index < -0.39 is 42.4 Å². The summed E-state index contributed by atoms with van der Waals surface area (Å²) in [6, 6.07) is 68.3. The average molecular weight is 1460 g/mol. The van der Waals surface area contributed by atoms with Crippen molar-refractivity contribution in [1.82, 2.24) is 13.7 Å². The average Bonchev–Trinajstić information content (AvgIpc) is 1.62. The molecule has 0 aliphatic heterocycles. The van der Waals surface area contributed by atoms with E-state index in [-0.39, 0.29) is 86.8 Å². The number of benzene rings is 8. The molecule has 20 nitrogen and oxygen atoms in total. The molecular formula is C78H82Cl4N12O8+4. The molecule has 0 aliphatic carbocycles. The summed E-state index contributed by atoms with van der Waals surface area (Å²) in [5, 5.41) is 52.1. The molecule has 24 heteroatoms. The lowest BCUT2D eigenvalue weighted by molar-refractivity contribution is -0.596. The fourth-order valence-corrected chi connectivity index (χ4v) is 12.4. The monoisotopic (exact) mass is 1450 g/mol. The number of hydrogen-bond acceptors (Lipinski definition) is 9. The van der Waals surface area contributed by atoms with E-state index in [1.54, 1.807) is 58.2 Å². The topological polar surface area (TPSA) is 229 Å². The van der Waals surface area contributed by atoms with Crippen LogP contribution in [0.4, 0.5) is 28.4 Å². The number of fused-ring (bicyclic) bond motifs is 9. The Kier molecular flexibility index (Phi) is 28.3. The number of hydrogen-bond donors (Lipinski definition) is 1. The molecule has 0 radical (unpaired) electrons. The number of aromatic nitrogens is 7. The van der Waals surface area contributed by atoms with Crippen molar-refractivity contribution in [3.63, 3.8) is 0 Å². The molecular weight excluding hydrogens is 1370 g/mol. The van der Waals surface area contributed by atoms with Crippen molar-refractivity contribution in [3.8, 4) is 45.0 Å². The van der Waals surface area contributed by atoms with Crippen molar-refractivity contribution in [3.05, 3.63) is 302 Å². The van der Waals surface area contributed by atoms with Crippen molar-refractivity contribution < 1.29 is 38.0 Å². The summed E-state index contributed by atoms with van der Waals surface area (Å²) < 4.78 is 14.5. The van der Waals surface area contributed by atoms with Crippen LogP contribution >= 0.6 is 49.6 Å². The van der Waals surface area contributed by atoms with Gasteiger partial charge in [-0.05, 0) is 84.6 Å². The molecule has 0 atom stereocenters. The van der Waals surface area contributed by atoms with Gasteiger partial charge in [-0.3, -0.25) is 40.5 Å². The van der Waals surface area contributed by atoms with Gasteiger partial charge < -0.3 is 19.4 Å². The third kappa shape index (κ3) is 15.8. The van der Waals surface area contributed by atoms with Crippen LogP contribution in [0.3, 0.4) is 0 Å². The van der Waals surface area contributed by atoms with Gasteiger partial charge in [0.2, 0.25) is 22.7 Å². The molecule has 2 N–H and O–H groups in total. The van der Waals surface area contributed by atoms with Crippen LogP contribution in [0.2, 0.25) is 0 Å². The van der Waals surface area contributed by atoms with E-state index in [0.29, 0.717) is 11.4 Å². The van der Waals surface area contributed by atoms with Gasteiger partial charge in [0.05, 0.1) is 31.8 Å². The second kappa shape index (κ2) is 34.9. The smallest absolute Gasteiger partial charge is 0.352 e. The predicted octanol–water partition coefficient (Wildman–Crippen LogP) is 19.5. The molecule has 526 valence electrons. The van der Waals surface area contributed by atoms with E-state index in [9.17, 15) is 40.5 Å². The Hall–Kier alpha value is -11.7. The number of anilines is 1. The van der Waals surface area contributed by atoms with Crippen LogP contribution in [0.5, 0.6) is 0 Å². The third-order valence-electron chi connectivity index (χ3n) is 17.0. The molecule has 0 saturated carbocycles. The highest BCUT2D eigenvalue weighted by atomic mass is 35.5. The van der Waals surface area contributed by atoms with Gasteiger partial charge in [0, 0.05) is 188 Å². The summed E-state index contributed by atoms with van der Waals surface area (Å²) in [5.41, 5.74) is 18.9. The highest BCUT2D eigenvalue weighted by Gasteiger charge is 2.29. The molecule has 15 aromatic rings. The van der Waals surface area contributed by atoms with Gasteiger partial charge >= 0.3 is 22.7 Å². The second-order valence-electron chi connectivity index (χ2n) is 22.1. The van der Waals surface area contributed by atoms with Gasteiger partial charge in [0.15, 0.2) is 49.6 Å². The summed E-state index contributed by atoms with van der Waals surface area (Å²) in [5.74, 6) is 0. The largest absolute Gasteiger partial charge is 0.399 e. The minimum atomic E-state index is -0.813. The Morgan fingerprint density at radius 1 is 0.314 bits per heavy atom. The number of halogens is 4. The Labute approximate surface area is 615 Å². The van der Waals surface area contributed by atoms with Gasteiger partial charge in [-0.25, -0.2) is 0 Å². The quantitative estimate of drug-likeness (QED) is 0.0530. The Morgan fingerprint density at radius 3 is 0.912 bits per heavy atom. The van der Waals surface area contributed by atoms with Gasteiger partial charge in [0.25, 0.3) is 0 Å². The number of pyridine rings is 4. The molecule has 8 aromatic carbocycles. The Balaban J connectivity index is 0.000000333. The van der Waals surface area contributed by atoms with Gasteiger partial charge in [0.1, 0.15) is 0 Å². The van der Waals surface area contributed by atoms with Crippen LogP contribution < -0.4 is 24.0 Å². The zero-order valence-corrected chi connectivity index (χ0v) is 55.4. The van der Waals surface area contributed by atoms with E-state index >= 15 is 0 Å². The third-order valence-corrected chi connectivity index (χ3v) is 17.0. The SMILES string of the molecule is C.C.C.C.C.CCn1c2ccccc2c2cc(-[n+]3ccc(-c4cc[n+](-c5ccc6c(c5)c5ccccc5n6C)cc4)cc3)ccc21.CCn1c2ccccc2c2cc(N)ccc21.Cl.Cl.Cl.Cl.O=[N+]([O-])c1ccc(-[n+]2ccc(-c3cc[n+](-c4ccc([N+](=O)[O-])c([N+](=O)[O-])c4)cc3)cc2)cc1[N+](=O)[O-]. The first-order valence-electron chi connectivity index (χ1n) is 29.8. The molecule has 102 heavy (non-hydrogen) atoms. The highest BCUT2D eigenvalue weighted by molar-refractivity contribution is 6.10. The summed E-state index contributed by atoms with van der Waals surface area (Å²) >= 11 is 0. The van der Waals surface area contributed by atoms with Crippen LogP contribution in [0.1, 0.15) is 51.0 Å². The number of nitrogens with zero attached hydrogens (tertiary/aromatic N) is 11. The molecule has 0 saturated heterocycles. The van der Waals surface area contributed by atoms with Crippen LogP contribution in [0.25, 0.3) is 110 Å². The first-order valence-corrected chi connectivity index (χ1v) is 29.8. The van der Waals surface area contributed by atoms with Gasteiger partial charge in [-0.15, -0.1) is 49.6 Å². The van der Waals surface area contributed by atoms with E-state index in [2.05, 4.69) is 214 Å². The first-order chi connectivity index (χ1) is 45.2. The van der Waals surface area contributed by atoms with Crippen molar-refractivity contribution >= 4 is 143 Å². The van der Waals surface area contributed by atoms with Gasteiger partial charge in [-0.2, -0.15) is 18.3 Å². The van der Waals surface area contributed by atoms with E-state index in [1.807, 2.05) is 6.07 Å². The highest BCUT2D eigenvalue weighted by Crippen LogP contribution is 2.34. The number of nitro groups is 4. The number of nitrogen functional groups attached to an aromatic ring is 1. The summed E-state index contributed by atoms with van der Waals surface area (Å²) in [4.78, 5) is 41.2. The normalized spacial score (nSPS) is 10.2. The lowest BCUT2D eigenvalue weighted by atomic mass is 10.1. The van der Waals surface area contributed by atoms with E-state index in [0.717, 1.165) is 65.5 Å². The maximum atomic E-state index is 11.2. The molecule has 7 aromatic heterocycles. The van der Waals surface area contributed by atoms with Gasteiger partial charge in [-0.1, -0.05) is 91.7 Å². The second-order valence-corrected chi connectivity index (χ2v) is 22.1. The number of rotatable bonds is 12. The molecule has 0 spiro atoms. The van der Waals surface area contributed by atoms with E-state index in [1.165, 1.54) is 88.7 Å². The Morgan fingerprint density at radius 2 is 0.569 bits per heavy atom. The molecule has 0 aliphatic rings. The van der Waals surface area contributed by atoms with Crippen molar-refractivity contribution in [2.24, 2.45) is 7.05 Å². The number of para-hydroxylation sites is 3. The number of nitro benzene ring substituents is 4. The lowest BCUT2D eigenvalue weighted by Crippen LogP contribution is -2.30. The maximum absolute atomic E-state index is 11.2. The first kappa shape index (κ1) is 82.7. The van der Waals surface area contributed by atoms with Crippen LogP contribution in [0, 0.1) is 40.5 Å². The number of nitrogens with two attached hydrogens (primary N) is 1. The minimum Gasteiger partial charge on any atom is -0.399 e. The minimum absolute atomic E-state index is 0. The lowest BCUT2D eigenvalue weighted by Gasteiger charge is -2.03. The van der Waals surface area contributed by atoms with Crippen LogP contribution in [-0.2, 0) is 20.1 Å². The van der Waals surface area contributed by atoms with Crippen LogP contribution in [0.15, 0.2) is 262 Å². The molecule has 0 bridgehead atoms. The molecule has 0 fully saturated rings. The van der Waals surface area contributed by atoms with Crippen LogP contribution in [-0.4, -0.2) is 33.4 Å². The molecule has 15 rings (SSSR count). The Bertz CT molecular complexity index is 5360. The standard InChI is InChI=1S/C37H30N4.C22H14N6O8.C14H14N2.5CH4.4ClH/c1-3-41-36-11-7-5-9-31(36)33-25-29(13-15-37(33)41)40-22-18-27(19-23-40)26-16-20-39(21-17-26)28-12-14-35-32(24-28)30-8-4-6-10-34(30)38(35)2;29-25(30)19-3-1-17(13-21(19)27(33)34)23-9-5-15(6-10-23)16-7-11-24(12-8-16)18-2-4-20(26(31)32)22(14-18)28(35)36;1-2-16-13-6-4-3-5-11(13)12-9-10(15)7-8-14(12)16;;;;;;;;;/h4-25H,3H2,1-2H3;1-14H;3-9H,2,15H2,1H3;5*1H4;4*1H/q2*+2;;;;;;;;;;. The fourth-order valence-electron chi connectivity index (χ4n) is 12.4. The fraction of sp³-hybridized carbons (Fsp3) is 0.128. The van der Waals surface area contributed by atoms with Crippen molar-refractivity contribution in [2.45, 2.75) is 64.1 Å². The maximum Gasteiger partial charge on any atom is 0.352 e. The van der Waals surface area contributed by atoms with Crippen molar-refractivity contribution in [2.75, 3.05) is 5.73 Å². The van der Waals surface area contributed by atoms with E-state index in [4.69, 9.17) is 5.73 Å². The zero-order chi connectivity index (χ0) is 64.6. The summed E-state index contributed by atoms with van der Waals surface area (Å²) in [6.45, 7) is 6.32. The molecule has 0 unspecified atom stereocenters. The summed E-state index contributed by atoms with van der Waals surface area (Å²) in [6.07, 6.45) is 15.2. The molecule has 7 heterocycles. The predicted molar refractivity (Wildman–Crippen MR) is 421 cm³/mol. The number of aryl methyl sites for hydroxylation is 3. The zero-order valence-electron chi connectivity index (χ0n) is 52.1.